The highest BCUT2D eigenvalue weighted by molar-refractivity contribution is 7.99. The van der Waals surface area contributed by atoms with E-state index in [2.05, 4.69) is 30.1 Å². The molecule has 0 saturated heterocycles. The van der Waals surface area contributed by atoms with Gasteiger partial charge in [0.15, 0.2) is 11.5 Å². The van der Waals surface area contributed by atoms with Gasteiger partial charge in [0, 0.05) is 17.1 Å². The van der Waals surface area contributed by atoms with Crippen LogP contribution in [-0.4, -0.2) is 38.5 Å². The van der Waals surface area contributed by atoms with E-state index in [1.54, 1.807) is 14.2 Å². The summed E-state index contributed by atoms with van der Waals surface area (Å²) in [5.41, 5.74) is 7.74. The minimum absolute atomic E-state index is 0.767. The lowest BCUT2D eigenvalue weighted by molar-refractivity contribution is 0.325. The second-order valence-electron chi connectivity index (χ2n) is 5.70. The molecule has 0 amide bonds. The number of nitrogen functional groups attached to an aromatic ring is 1. The molecule has 0 spiro atoms. The number of thioether (sulfide) groups is 1. The van der Waals surface area contributed by atoms with Crippen molar-refractivity contribution in [3.8, 4) is 11.5 Å². The van der Waals surface area contributed by atoms with E-state index in [0.29, 0.717) is 0 Å². The normalized spacial score (nSPS) is 10.8. The van der Waals surface area contributed by atoms with Gasteiger partial charge in [-0.2, -0.15) is 0 Å². The van der Waals surface area contributed by atoms with Gasteiger partial charge >= 0.3 is 0 Å². The molecule has 24 heavy (non-hydrogen) atoms. The molecule has 0 radical (unpaired) electrons. The Morgan fingerprint density at radius 2 is 1.71 bits per heavy atom. The van der Waals surface area contributed by atoms with Gasteiger partial charge in [0.05, 0.1) is 14.2 Å². The van der Waals surface area contributed by atoms with Crippen LogP contribution in [0.15, 0.2) is 47.4 Å². The minimum Gasteiger partial charge on any atom is -0.493 e. The summed E-state index contributed by atoms with van der Waals surface area (Å²) in [6, 6.07) is 14.1. The molecule has 0 aliphatic heterocycles. The summed E-state index contributed by atoms with van der Waals surface area (Å²) in [7, 11) is 5.47. The molecule has 0 aromatic heterocycles. The van der Waals surface area contributed by atoms with Gasteiger partial charge in [-0.15, -0.1) is 11.8 Å². The third-order valence-electron chi connectivity index (χ3n) is 3.73. The summed E-state index contributed by atoms with van der Waals surface area (Å²) in [6.45, 7) is 1.95. The van der Waals surface area contributed by atoms with Crippen LogP contribution in [0.5, 0.6) is 11.5 Å². The van der Waals surface area contributed by atoms with E-state index in [-0.39, 0.29) is 0 Å². The zero-order valence-electron chi connectivity index (χ0n) is 14.6. The topological polar surface area (TPSA) is 47.7 Å². The number of hydrogen-bond acceptors (Lipinski definition) is 5. The van der Waals surface area contributed by atoms with Crippen molar-refractivity contribution in [1.82, 2.24) is 4.90 Å². The van der Waals surface area contributed by atoms with E-state index >= 15 is 0 Å². The predicted octanol–water partition coefficient (Wildman–Crippen LogP) is 3.90. The maximum atomic E-state index is 5.70. The van der Waals surface area contributed by atoms with Gasteiger partial charge in [-0.25, -0.2) is 0 Å². The van der Waals surface area contributed by atoms with Crippen LogP contribution < -0.4 is 15.2 Å². The average molecular weight is 346 g/mol. The summed E-state index contributed by atoms with van der Waals surface area (Å²) >= 11 is 1.87. The third kappa shape index (κ3) is 5.65. The number of methoxy groups -OCH3 is 2. The first kappa shape index (κ1) is 18.5. The largest absolute Gasteiger partial charge is 0.493 e. The molecule has 130 valence electrons. The maximum absolute atomic E-state index is 5.70. The summed E-state index contributed by atoms with van der Waals surface area (Å²) < 4.78 is 10.6. The molecule has 0 heterocycles. The Balaban J connectivity index is 1.74. The van der Waals surface area contributed by atoms with Crippen LogP contribution in [0, 0.1) is 0 Å². The summed E-state index contributed by atoms with van der Waals surface area (Å²) in [5, 5.41) is 0. The lowest BCUT2D eigenvalue weighted by Gasteiger charge is -2.17. The van der Waals surface area contributed by atoms with Crippen LogP contribution in [0.2, 0.25) is 0 Å². The molecule has 0 atom stereocenters. The van der Waals surface area contributed by atoms with E-state index in [1.807, 2.05) is 36.0 Å². The summed E-state index contributed by atoms with van der Waals surface area (Å²) in [4.78, 5) is 3.59. The molecule has 2 rings (SSSR count). The van der Waals surface area contributed by atoms with E-state index in [4.69, 9.17) is 15.2 Å². The second-order valence-corrected chi connectivity index (χ2v) is 6.87. The fraction of sp³-hybridized carbons (Fsp3) is 0.368. The van der Waals surface area contributed by atoms with Crippen molar-refractivity contribution in [1.29, 1.82) is 0 Å². The Hall–Kier alpha value is -1.85. The first-order chi connectivity index (χ1) is 11.6. The molecule has 0 saturated carbocycles. The molecule has 0 fully saturated rings. The van der Waals surface area contributed by atoms with Gasteiger partial charge in [0.2, 0.25) is 0 Å². The van der Waals surface area contributed by atoms with Crippen LogP contribution in [-0.2, 0) is 6.54 Å². The summed E-state index contributed by atoms with van der Waals surface area (Å²) in [5.74, 6) is 2.64. The molecule has 0 aliphatic carbocycles. The van der Waals surface area contributed by atoms with E-state index < -0.39 is 0 Å². The van der Waals surface area contributed by atoms with E-state index in [9.17, 15) is 0 Å². The molecular formula is C19H26N2O2S. The monoisotopic (exact) mass is 346 g/mol. The Bertz CT molecular complexity index is 632. The smallest absolute Gasteiger partial charge is 0.161 e. The average Bonchev–Trinajstić information content (AvgIpc) is 2.60. The number of benzene rings is 2. The molecule has 0 aliphatic rings. The van der Waals surface area contributed by atoms with Crippen molar-refractivity contribution >= 4 is 17.4 Å². The fourth-order valence-electron chi connectivity index (χ4n) is 2.46. The highest BCUT2D eigenvalue weighted by atomic mass is 32.2. The third-order valence-corrected chi connectivity index (χ3v) is 4.83. The van der Waals surface area contributed by atoms with Crippen LogP contribution in [0.4, 0.5) is 5.69 Å². The SMILES string of the molecule is COc1ccc(CN(C)CCCSc2ccc(N)cc2)cc1OC. The van der Waals surface area contributed by atoms with Crippen molar-refractivity contribution in [2.75, 3.05) is 39.3 Å². The van der Waals surface area contributed by atoms with Gasteiger partial charge in [0.25, 0.3) is 0 Å². The number of anilines is 1. The molecule has 5 heteroatoms. The maximum Gasteiger partial charge on any atom is 0.161 e. The van der Waals surface area contributed by atoms with Gasteiger partial charge in [-0.1, -0.05) is 6.07 Å². The molecule has 0 bridgehead atoms. The molecular weight excluding hydrogens is 320 g/mol. The Morgan fingerprint density at radius 3 is 2.38 bits per heavy atom. The molecule has 2 aromatic rings. The predicted molar refractivity (Wildman–Crippen MR) is 102 cm³/mol. The van der Waals surface area contributed by atoms with Gasteiger partial charge < -0.3 is 20.1 Å². The summed E-state index contributed by atoms with van der Waals surface area (Å²) in [6.07, 6.45) is 1.14. The molecule has 2 aromatic carbocycles. The number of rotatable bonds is 9. The van der Waals surface area contributed by atoms with Crippen molar-refractivity contribution in [3.63, 3.8) is 0 Å². The first-order valence-corrected chi connectivity index (χ1v) is 8.98. The van der Waals surface area contributed by atoms with Crippen molar-refractivity contribution in [2.45, 2.75) is 17.9 Å². The number of ether oxygens (including phenoxy) is 2. The van der Waals surface area contributed by atoms with Crippen LogP contribution >= 0.6 is 11.8 Å². The first-order valence-electron chi connectivity index (χ1n) is 8.00. The molecule has 2 N–H and O–H groups in total. The highest BCUT2D eigenvalue weighted by Gasteiger charge is 2.06. The second kappa shape index (κ2) is 9.45. The zero-order valence-corrected chi connectivity index (χ0v) is 15.4. The van der Waals surface area contributed by atoms with Crippen LogP contribution in [0.25, 0.3) is 0 Å². The number of nitrogens with two attached hydrogens (primary N) is 1. The highest BCUT2D eigenvalue weighted by Crippen LogP contribution is 2.28. The van der Waals surface area contributed by atoms with Gasteiger partial charge in [-0.05, 0) is 67.7 Å². The lowest BCUT2D eigenvalue weighted by Crippen LogP contribution is -2.19. The minimum atomic E-state index is 0.767. The Kier molecular flexibility index (Phi) is 7.28. The van der Waals surface area contributed by atoms with Crippen LogP contribution in [0.3, 0.4) is 0 Å². The fourth-order valence-corrected chi connectivity index (χ4v) is 3.30. The van der Waals surface area contributed by atoms with Crippen molar-refractivity contribution in [2.24, 2.45) is 0 Å². The molecule has 4 nitrogen and oxygen atoms in total. The van der Waals surface area contributed by atoms with Crippen molar-refractivity contribution < 1.29 is 9.47 Å². The van der Waals surface area contributed by atoms with Crippen LogP contribution in [0.1, 0.15) is 12.0 Å². The van der Waals surface area contributed by atoms with Gasteiger partial charge in [-0.3, -0.25) is 0 Å². The lowest BCUT2D eigenvalue weighted by atomic mass is 10.2. The van der Waals surface area contributed by atoms with E-state index in [1.165, 1.54) is 10.5 Å². The standard InChI is InChI=1S/C19H26N2O2S/c1-21(11-4-12-24-17-8-6-16(20)7-9-17)14-15-5-10-18(22-2)19(13-15)23-3/h5-10,13H,4,11-12,14,20H2,1-3H3. The quantitative estimate of drug-likeness (QED) is 0.424. The Morgan fingerprint density at radius 1 is 1.00 bits per heavy atom. The zero-order chi connectivity index (χ0) is 17.4. The Labute approximate surface area is 148 Å². The van der Waals surface area contributed by atoms with E-state index in [0.717, 1.165) is 42.4 Å². The molecule has 0 unspecified atom stereocenters. The van der Waals surface area contributed by atoms with Crippen molar-refractivity contribution in [3.05, 3.63) is 48.0 Å². The number of hydrogen-bond donors (Lipinski definition) is 1. The van der Waals surface area contributed by atoms with Gasteiger partial charge in [0.1, 0.15) is 0 Å². The number of nitrogens with zero attached hydrogens (tertiary/aromatic N) is 1.